The summed E-state index contributed by atoms with van der Waals surface area (Å²) < 4.78 is 28.0. The number of nitrogens with zero attached hydrogens (tertiary/aromatic N) is 1. The first-order chi connectivity index (χ1) is 12.0. The van der Waals surface area contributed by atoms with E-state index in [2.05, 4.69) is 13.8 Å². The van der Waals surface area contributed by atoms with Crippen molar-refractivity contribution in [3.8, 4) is 0 Å². The number of likely N-dealkylation sites (N-methyl/N-ethyl adjacent to an activating group) is 1. The van der Waals surface area contributed by atoms with Crippen LogP contribution in [0.2, 0.25) is 0 Å². The largest absolute Gasteiger partial charge is 0.478 e. The third kappa shape index (κ3) is 3.86. The number of fused-ring (bicyclic) bond motifs is 1. The van der Waals surface area contributed by atoms with Gasteiger partial charge >= 0.3 is 5.97 Å². The SMILES string of the molecule is CN(C)CC1=C(c2sc3c(c2C(=O)O)CC(C)(C)CC3)CCC(F)(F)C1. The summed E-state index contributed by atoms with van der Waals surface area (Å²) in [6.07, 6.45) is 2.42. The summed E-state index contributed by atoms with van der Waals surface area (Å²) in [5.41, 5.74) is 2.92. The van der Waals surface area contributed by atoms with Crippen LogP contribution in [0.4, 0.5) is 8.78 Å². The Hall–Kier alpha value is -1.27. The molecule has 26 heavy (non-hydrogen) atoms. The molecule has 0 radical (unpaired) electrons. The molecule has 0 spiro atoms. The highest BCUT2D eigenvalue weighted by Gasteiger charge is 2.39. The highest BCUT2D eigenvalue weighted by Crippen LogP contribution is 2.48. The van der Waals surface area contributed by atoms with Gasteiger partial charge in [-0.2, -0.15) is 0 Å². The molecule has 0 fully saturated rings. The summed E-state index contributed by atoms with van der Waals surface area (Å²) in [5.74, 6) is -3.62. The maximum absolute atomic E-state index is 14.0. The van der Waals surface area contributed by atoms with Crippen LogP contribution < -0.4 is 0 Å². The van der Waals surface area contributed by atoms with Crippen LogP contribution in [0.15, 0.2) is 5.57 Å². The average Bonchev–Trinajstić information content (AvgIpc) is 2.82. The number of rotatable bonds is 4. The zero-order chi connectivity index (χ0) is 19.3. The molecule has 0 saturated carbocycles. The Labute approximate surface area is 157 Å². The van der Waals surface area contributed by atoms with Gasteiger partial charge in [-0.1, -0.05) is 13.8 Å². The minimum atomic E-state index is -2.70. The molecule has 2 aliphatic rings. The Balaban J connectivity index is 2.14. The third-order valence-electron chi connectivity index (χ3n) is 5.41. The molecule has 1 aromatic rings. The number of alkyl halides is 2. The van der Waals surface area contributed by atoms with E-state index in [1.54, 1.807) is 0 Å². The van der Waals surface area contributed by atoms with Crippen molar-refractivity contribution in [2.45, 2.75) is 58.3 Å². The number of aryl methyl sites for hydroxylation is 1. The van der Waals surface area contributed by atoms with Gasteiger partial charge in [0.05, 0.1) is 5.56 Å². The lowest BCUT2D eigenvalue weighted by Gasteiger charge is -2.30. The first-order valence-corrected chi connectivity index (χ1v) is 9.92. The molecule has 3 nitrogen and oxygen atoms in total. The molecule has 0 atom stereocenters. The fourth-order valence-electron chi connectivity index (χ4n) is 4.16. The molecular formula is C20H27F2NO2S. The maximum atomic E-state index is 14.0. The van der Waals surface area contributed by atoms with Crippen LogP contribution in [-0.4, -0.2) is 42.5 Å². The van der Waals surface area contributed by atoms with Crippen molar-refractivity contribution in [3.05, 3.63) is 26.5 Å². The highest BCUT2D eigenvalue weighted by atomic mass is 32.1. The van der Waals surface area contributed by atoms with E-state index in [1.807, 2.05) is 19.0 Å². The Morgan fingerprint density at radius 2 is 1.88 bits per heavy atom. The van der Waals surface area contributed by atoms with Crippen LogP contribution in [0.25, 0.3) is 5.57 Å². The Kier molecular flexibility index (Phi) is 5.03. The van der Waals surface area contributed by atoms with Crippen LogP contribution in [0.1, 0.15) is 65.2 Å². The number of carboxylic acids is 1. The van der Waals surface area contributed by atoms with Gasteiger partial charge in [0, 0.05) is 29.1 Å². The number of hydrogen-bond acceptors (Lipinski definition) is 3. The van der Waals surface area contributed by atoms with Crippen molar-refractivity contribution in [2.24, 2.45) is 5.41 Å². The number of halogens is 2. The molecule has 144 valence electrons. The Morgan fingerprint density at radius 3 is 2.50 bits per heavy atom. The maximum Gasteiger partial charge on any atom is 0.337 e. The van der Waals surface area contributed by atoms with Crippen LogP contribution in [-0.2, 0) is 12.8 Å². The highest BCUT2D eigenvalue weighted by molar-refractivity contribution is 7.13. The van der Waals surface area contributed by atoms with Gasteiger partial charge < -0.3 is 10.0 Å². The molecule has 0 bridgehead atoms. The normalized spacial score (nSPS) is 21.8. The molecule has 1 aromatic heterocycles. The van der Waals surface area contributed by atoms with Crippen LogP contribution in [0.5, 0.6) is 0 Å². The molecular weight excluding hydrogens is 356 g/mol. The standard InChI is InChI=1S/C20H27F2NO2S/c1-19(2)7-6-15-14(10-19)16(18(24)25)17(26-15)13-5-8-20(21,22)9-12(13)11-23(3)4/h5-11H2,1-4H3,(H,24,25). The van der Waals surface area contributed by atoms with Gasteiger partial charge in [0.2, 0.25) is 0 Å². The van der Waals surface area contributed by atoms with E-state index in [1.165, 1.54) is 11.3 Å². The Bertz CT molecular complexity index is 762. The summed E-state index contributed by atoms with van der Waals surface area (Å²) in [7, 11) is 3.72. The second-order valence-corrected chi connectivity index (χ2v) is 9.81. The number of hydrogen-bond donors (Lipinski definition) is 1. The Morgan fingerprint density at radius 1 is 1.19 bits per heavy atom. The minimum Gasteiger partial charge on any atom is -0.478 e. The van der Waals surface area contributed by atoms with Crippen molar-refractivity contribution in [3.63, 3.8) is 0 Å². The van der Waals surface area contributed by atoms with Crippen LogP contribution >= 0.6 is 11.3 Å². The first-order valence-electron chi connectivity index (χ1n) is 9.11. The summed E-state index contributed by atoms with van der Waals surface area (Å²) in [6, 6.07) is 0. The number of carbonyl (C=O) groups is 1. The van der Waals surface area contributed by atoms with Crippen LogP contribution in [0.3, 0.4) is 0 Å². The quantitative estimate of drug-likeness (QED) is 0.787. The molecule has 6 heteroatoms. The zero-order valence-corrected chi connectivity index (χ0v) is 16.7. The van der Waals surface area contributed by atoms with Gasteiger partial charge in [0.1, 0.15) is 0 Å². The van der Waals surface area contributed by atoms with E-state index in [-0.39, 0.29) is 24.7 Å². The van der Waals surface area contributed by atoms with Gasteiger partial charge in [-0.25, -0.2) is 13.6 Å². The van der Waals surface area contributed by atoms with Crippen molar-refractivity contribution in [1.82, 2.24) is 4.90 Å². The fourth-order valence-corrected chi connectivity index (χ4v) is 5.59. The van der Waals surface area contributed by atoms with Crippen molar-refractivity contribution >= 4 is 22.9 Å². The lowest BCUT2D eigenvalue weighted by molar-refractivity contribution is -0.0103. The molecule has 0 unspecified atom stereocenters. The van der Waals surface area contributed by atoms with Gasteiger partial charge in [-0.05, 0) is 61.9 Å². The number of thiophene rings is 1. The summed E-state index contributed by atoms with van der Waals surface area (Å²) >= 11 is 1.53. The molecule has 1 heterocycles. The van der Waals surface area contributed by atoms with E-state index >= 15 is 0 Å². The number of carboxylic acid groups (broad SMARTS) is 1. The molecule has 0 aliphatic heterocycles. The van der Waals surface area contributed by atoms with E-state index in [4.69, 9.17) is 0 Å². The molecule has 2 aliphatic carbocycles. The van der Waals surface area contributed by atoms with E-state index < -0.39 is 11.9 Å². The number of allylic oxidation sites excluding steroid dienone is 1. The topological polar surface area (TPSA) is 40.5 Å². The predicted molar refractivity (Wildman–Crippen MR) is 101 cm³/mol. The van der Waals surface area contributed by atoms with Crippen molar-refractivity contribution in [2.75, 3.05) is 20.6 Å². The second-order valence-electron chi connectivity index (χ2n) is 8.71. The van der Waals surface area contributed by atoms with Crippen molar-refractivity contribution in [1.29, 1.82) is 0 Å². The van der Waals surface area contributed by atoms with E-state index in [9.17, 15) is 18.7 Å². The average molecular weight is 384 g/mol. The summed E-state index contributed by atoms with van der Waals surface area (Å²) in [6.45, 7) is 4.77. The van der Waals surface area contributed by atoms with Gasteiger partial charge in [-0.15, -0.1) is 11.3 Å². The predicted octanol–water partition coefficient (Wildman–Crippen LogP) is 5.10. The summed E-state index contributed by atoms with van der Waals surface area (Å²) in [5, 5.41) is 9.91. The van der Waals surface area contributed by atoms with Gasteiger partial charge in [0.15, 0.2) is 0 Å². The van der Waals surface area contributed by atoms with Crippen LogP contribution in [0, 0.1) is 5.41 Å². The zero-order valence-electron chi connectivity index (χ0n) is 15.9. The first kappa shape index (κ1) is 19.5. The third-order valence-corrected chi connectivity index (χ3v) is 6.76. The molecule has 3 rings (SSSR count). The fraction of sp³-hybridized carbons (Fsp3) is 0.650. The lowest BCUT2D eigenvalue weighted by atomic mass is 9.75. The number of aromatic carboxylic acids is 1. The smallest absolute Gasteiger partial charge is 0.337 e. The molecule has 1 N–H and O–H groups in total. The molecule has 0 saturated heterocycles. The monoisotopic (exact) mass is 383 g/mol. The minimum absolute atomic E-state index is 0.0794. The molecule has 0 aromatic carbocycles. The van der Waals surface area contributed by atoms with Crippen molar-refractivity contribution < 1.29 is 18.7 Å². The molecule has 0 amide bonds. The summed E-state index contributed by atoms with van der Waals surface area (Å²) in [4.78, 5) is 15.8. The van der Waals surface area contributed by atoms with E-state index in [0.29, 0.717) is 17.7 Å². The van der Waals surface area contributed by atoms with Gasteiger partial charge in [0.25, 0.3) is 5.92 Å². The van der Waals surface area contributed by atoms with Gasteiger partial charge in [-0.3, -0.25) is 0 Å². The lowest BCUT2D eigenvalue weighted by Crippen LogP contribution is -2.27. The van der Waals surface area contributed by atoms with E-state index in [0.717, 1.165) is 40.2 Å². The second kappa shape index (κ2) is 6.71.